The van der Waals surface area contributed by atoms with E-state index < -0.39 is 0 Å². The molecular weight excluding hydrogens is 316 g/mol. The number of nitrogens with zero attached hydrogens (tertiary/aromatic N) is 4. The lowest BCUT2D eigenvalue weighted by atomic mass is 10.1. The highest BCUT2D eigenvalue weighted by atomic mass is 16.2. The summed E-state index contributed by atoms with van der Waals surface area (Å²) in [5, 5.41) is 19.7. The quantitative estimate of drug-likeness (QED) is 0.787. The fraction of sp³-hybridized carbons (Fsp3) is 0.556. The van der Waals surface area contributed by atoms with Crippen LogP contribution in [0.25, 0.3) is 5.65 Å². The Bertz CT molecular complexity index is 834. The third kappa shape index (κ3) is 3.90. The molecule has 132 valence electrons. The van der Waals surface area contributed by atoms with Crippen LogP contribution in [0.4, 0.5) is 4.79 Å². The molecule has 25 heavy (non-hydrogen) atoms. The first-order valence-electron chi connectivity index (χ1n) is 8.77. The lowest BCUT2D eigenvalue weighted by Gasteiger charge is -2.06. The van der Waals surface area contributed by atoms with Crippen molar-refractivity contribution < 1.29 is 4.79 Å². The fourth-order valence-corrected chi connectivity index (χ4v) is 3.08. The van der Waals surface area contributed by atoms with Crippen LogP contribution in [0.1, 0.15) is 42.4 Å². The summed E-state index contributed by atoms with van der Waals surface area (Å²) in [6.07, 6.45) is 2.56. The highest BCUT2D eigenvalue weighted by Crippen LogP contribution is 2.36. The first kappa shape index (κ1) is 17.2. The molecule has 0 radical (unpaired) electrons. The number of urea groups is 1. The van der Waals surface area contributed by atoms with Crippen LogP contribution < -0.4 is 10.6 Å². The Hall–Kier alpha value is -2.62. The van der Waals surface area contributed by atoms with Crippen molar-refractivity contribution in [2.45, 2.75) is 40.0 Å². The van der Waals surface area contributed by atoms with Gasteiger partial charge in [-0.3, -0.25) is 0 Å². The molecule has 2 aromatic heterocycles. The minimum atomic E-state index is -0.122. The van der Waals surface area contributed by atoms with E-state index in [0.717, 1.165) is 36.0 Å². The molecule has 0 aromatic carbocycles. The van der Waals surface area contributed by atoms with Gasteiger partial charge in [-0.2, -0.15) is 10.4 Å². The second-order valence-corrected chi connectivity index (χ2v) is 6.92. The summed E-state index contributed by atoms with van der Waals surface area (Å²) in [6, 6.07) is 4.04. The Labute approximate surface area is 147 Å². The van der Waals surface area contributed by atoms with Crippen molar-refractivity contribution in [3.63, 3.8) is 0 Å². The normalized spacial score (nSPS) is 18.8. The number of carbonyl (C=O) groups is 1. The number of rotatable bonds is 6. The monoisotopic (exact) mass is 340 g/mol. The zero-order valence-corrected chi connectivity index (χ0v) is 15.0. The van der Waals surface area contributed by atoms with Gasteiger partial charge in [0.25, 0.3) is 0 Å². The van der Waals surface area contributed by atoms with Gasteiger partial charge in [-0.15, -0.1) is 0 Å². The van der Waals surface area contributed by atoms with E-state index in [1.807, 2.05) is 19.9 Å². The molecular formula is C18H24N6O. The molecule has 7 nitrogen and oxygen atoms in total. The first-order chi connectivity index (χ1) is 12.0. The Morgan fingerprint density at radius 3 is 2.88 bits per heavy atom. The predicted molar refractivity (Wildman–Crippen MR) is 94.2 cm³/mol. The fourth-order valence-electron chi connectivity index (χ4n) is 3.08. The van der Waals surface area contributed by atoms with Gasteiger partial charge in [-0.05, 0) is 51.0 Å². The van der Waals surface area contributed by atoms with Gasteiger partial charge in [0.15, 0.2) is 5.65 Å². The van der Waals surface area contributed by atoms with E-state index in [2.05, 4.69) is 33.7 Å². The van der Waals surface area contributed by atoms with E-state index in [1.165, 1.54) is 6.42 Å². The van der Waals surface area contributed by atoms with Crippen molar-refractivity contribution in [3.05, 3.63) is 28.7 Å². The second kappa shape index (κ2) is 7.09. The van der Waals surface area contributed by atoms with Crippen LogP contribution in [0.15, 0.2) is 6.07 Å². The van der Waals surface area contributed by atoms with Gasteiger partial charge in [0.2, 0.25) is 0 Å². The van der Waals surface area contributed by atoms with Gasteiger partial charge < -0.3 is 10.6 Å². The van der Waals surface area contributed by atoms with Crippen LogP contribution in [-0.4, -0.2) is 33.7 Å². The van der Waals surface area contributed by atoms with Crippen molar-refractivity contribution in [2.24, 2.45) is 11.8 Å². The number of hydrogen-bond donors (Lipinski definition) is 2. The smallest absolute Gasteiger partial charge is 0.314 e. The third-order valence-electron chi connectivity index (χ3n) is 4.76. The molecule has 1 aliphatic carbocycles. The number of fused-ring (bicyclic) bond motifs is 1. The highest BCUT2D eigenvalue weighted by molar-refractivity contribution is 5.73. The van der Waals surface area contributed by atoms with Gasteiger partial charge in [-0.25, -0.2) is 14.3 Å². The van der Waals surface area contributed by atoms with Crippen molar-refractivity contribution in [1.82, 2.24) is 25.2 Å². The Kier molecular flexibility index (Phi) is 4.88. The molecule has 2 heterocycles. The number of nitriles is 1. The summed E-state index contributed by atoms with van der Waals surface area (Å²) in [6.45, 7) is 7.36. The van der Waals surface area contributed by atoms with Crippen LogP contribution in [0, 0.1) is 37.0 Å². The summed E-state index contributed by atoms with van der Waals surface area (Å²) >= 11 is 0. The molecule has 7 heteroatoms. The van der Waals surface area contributed by atoms with Crippen molar-refractivity contribution in [1.29, 1.82) is 5.26 Å². The molecule has 1 fully saturated rings. The zero-order valence-electron chi connectivity index (χ0n) is 15.0. The number of aromatic nitrogens is 3. The van der Waals surface area contributed by atoms with Gasteiger partial charge in [0.05, 0.1) is 5.69 Å². The summed E-state index contributed by atoms with van der Waals surface area (Å²) in [5.74, 6) is 1.38. The Balaban J connectivity index is 1.53. The molecule has 2 aromatic rings. The Morgan fingerprint density at radius 2 is 2.20 bits per heavy atom. The van der Waals surface area contributed by atoms with E-state index in [4.69, 9.17) is 0 Å². The molecule has 2 amide bonds. The summed E-state index contributed by atoms with van der Waals surface area (Å²) in [5.41, 5.74) is 3.70. The van der Waals surface area contributed by atoms with Gasteiger partial charge in [0, 0.05) is 24.5 Å². The van der Waals surface area contributed by atoms with Gasteiger partial charge in [0.1, 0.15) is 11.6 Å². The second-order valence-electron chi connectivity index (χ2n) is 6.92. The molecule has 0 bridgehead atoms. The molecule has 0 saturated heterocycles. The third-order valence-corrected chi connectivity index (χ3v) is 4.76. The van der Waals surface area contributed by atoms with Gasteiger partial charge in [-0.1, -0.05) is 6.92 Å². The molecule has 0 aliphatic heterocycles. The average molecular weight is 340 g/mol. The maximum Gasteiger partial charge on any atom is 0.314 e. The minimum absolute atomic E-state index is 0.122. The van der Waals surface area contributed by atoms with E-state index in [0.29, 0.717) is 30.1 Å². The van der Waals surface area contributed by atoms with Crippen molar-refractivity contribution in [3.8, 4) is 6.07 Å². The lowest BCUT2D eigenvalue weighted by molar-refractivity contribution is 0.240. The molecule has 0 unspecified atom stereocenters. The molecule has 1 saturated carbocycles. The zero-order chi connectivity index (χ0) is 18.0. The van der Waals surface area contributed by atoms with E-state index in [1.54, 1.807) is 4.52 Å². The van der Waals surface area contributed by atoms with Crippen LogP contribution in [0.2, 0.25) is 0 Å². The number of hydrogen-bond acceptors (Lipinski definition) is 4. The van der Waals surface area contributed by atoms with Crippen LogP contribution in [0.3, 0.4) is 0 Å². The topological polar surface area (TPSA) is 95.1 Å². The van der Waals surface area contributed by atoms with Crippen molar-refractivity contribution >= 4 is 11.7 Å². The summed E-state index contributed by atoms with van der Waals surface area (Å²) < 4.78 is 1.72. The highest BCUT2D eigenvalue weighted by Gasteiger charge is 2.32. The van der Waals surface area contributed by atoms with E-state index in [9.17, 15) is 10.1 Å². The van der Waals surface area contributed by atoms with Crippen LogP contribution in [0.5, 0.6) is 0 Å². The van der Waals surface area contributed by atoms with Crippen LogP contribution >= 0.6 is 0 Å². The predicted octanol–water partition coefficient (Wildman–Crippen LogP) is 2.11. The number of carbonyl (C=O) groups excluding carboxylic acids is 1. The maximum atomic E-state index is 11.7. The van der Waals surface area contributed by atoms with E-state index in [-0.39, 0.29) is 6.03 Å². The number of amides is 2. The maximum absolute atomic E-state index is 11.7. The Morgan fingerprint density at radius 1 is 1.44 bits per heavy atom. The standard InChI is InChI=1S/C18H24N6O/c1-11-7-14(11)10-21-18(25)20-6-4-5-16-15(9-19)17-22-12(2)8-13(3)24(17)23-16/h8,11,14H,4-7,10H2,1-3H3,(H2,20,21,25)/t11-,14-/m0/s1. The van der Waals surface area contributed by atoms with Crippen molar-refractivity contribution in [2.75, 3.05) is 13.1 Å². The minimum Gasteiger partial charge on any atom is -0.338 e. The molecule has 2 atom stereocenters. The van der Waals surface area contributed by atoms with Crippen LogP contribution in [-0.2, 0) is 6.42 Å². The first-order valence-corrected chi connectivity index (χ1v) is 8.77. The largest absolute Gasteiger partial charge is 0.338 e. The summed E-state index contributed by atoms with van der Waals surface area (Å²) in [4.78, 5) is 16.2. The SMILES string of the molecule is Cc1cc(C)n2nc(CCCNC(=O)NC[C@@H]3C[C@@H]3C)c(C#N)c2n1. The molecule has 1 aliphatic rings. The van der Waals surface area contributed by atoms with Gasteiger partial charge >= 0.3 is 6.03 Å². The number of nitrogens with one attached hydrogen (secondary N) is 2. The molecule has 0 spiro atoms. The molecule has 2 N–H and O–H groups in total. The number of aryl methyl sites for hydroxylation is 3. The molecule has 3 rings (SSSR count). The lowest BCUT2D eigenvalue weighted by Crippen LogP contribution is -2.37. The van der Waals surface area contributed by atoms with E-state index >= 15 is 0 Å². The average Bonchev–Trinajstić information content (AvgIpc) is 3.15. The summed E-state index contributed by atoms with van der Waals surface area (Å²) in [7, 11) is 0.